The van der Waals surface area contributed by atoms with E-state index in [1.165, 1.54) is 0 Å². The number of fused-ring (bicyclic) bond motifs is 1. The van der Waals surface area contributed by atoms with Gasteiger partial charge in [0.15, 0.2) is 0 Å². The molecule has 7 nitrogen and oxygen atoms in total. The van der Waals surface area contributed by atoms with Crippen molar-refractivity contribution < 1.29 is 4.79 Å². The SMILES string of the molecule is CCc1cncc(C(CC(C)C)NC(=O)CCCCc2nccc3[nH]c(C)nc23)n1. The number of amides is 1. The highest BCUT2D eigenvalue weighted by Crippen LogP contribution is 2.20. The molecule has 0 radical (unpaired) electrons. The maximum absolute atomic E-state index is 12.6. The van der Waals surface area contributed by atoms with Crippen molar-refractivity contribution in [3.63, 3.8) is 0 Å². The molecule has 0 saturated carbocycles. The van der Waals surface area contributed by atoms with E-state index >= 15 is 0 Å². The van der Waals surface area contributed by atoms with Crippen LogP contribution < -0.4 is 5.32 Å². The number of aryl methyl sites for hydroxylation is 3. The lowest BCUT2D eigenvalue weighted by Gasteiger charge is -2.20. The number of rotatable bonds is 10. The molecule has 3 aromatic heterocycles. The molecule has 0 aliphatic heterocycles. The Morgan fingerprint density at radius 1 is 1.20 bits per heavy atom. The molecule has 3 heterocycles. The van der Waals surface area contributed by atoms with Gasteiger partial charge in [-0.3, -0.25) is 19.7 Å². The first-order valence-electron chi connectivity index (χ1n) is 10.9. The number of unbranched alkanes of at least 4 members (excludes halogenated alkanes) is 1. The van der Waals surface area contributed by atoms with E-state index in [0.29, 0.717) is 12.3 Å². The number of nitrogens with one attached hydrogen (secondary N) is 2. The van der Waals surface area contributed by atoms with Gasteiger partial charge in [0.25, 0.3) is 0 Å². The summed E-state index contributed by atoms with van der Waals surface area (Å²) in [5, 5.41) is 3.17. The number of carbonyl (C=O) groups is 1. The van der Waals surface area contributed by atoms with Gasteiger partial charge in [-0.2, -0.15) is 0 Å². The first-order valence-corrected chi connectivity index (χ1v) is 10.9. The van der Waals surface area contributed by atoms with Crippen molar-refractivity contribution in [1.82, 2.24) is 30.2 Å². The molecule has 3 rings (SSSR count). The predicted molar refractivity (Wildman–Crippen MR) is 118 cm³/mol. The summed E-state index contributed by atoms with van der Waals surface area (Å²) in [6.07, 6.45) is 10.0. The van der Waals surface area contributed by atoms with Crippen molar-refractivity contribution in [2.45, 2.75) is 72.3 Å². The average molecular weight is 409 g/mol. The third-order valence-corrected chi connectivity index (χ3v) is 5.13. The Morgan fingerprint density at radius 3 is 2.80 bits per heavy atom. The first-order chi connectivity index (χ1) is 14.5. The Bertz CT molecular complexity index is 981. The molecule has 0 aliphatic carbocycles. The minimum atomic E-state index is -0.0982. The molecule has 2 N–H and O–H groups in total. The summed E-state index contributed by atoms with van der Waals surface area (Å²) < 4.78 is 0. The van der Waals surface area contributed by atoms with Crippen molar-refractivity contribution in [2.75, 3.05) is 0 Å². The van der Waals surface area contributed by atoms with Crippen LogP contribution >= 0.6 is 0 Å². The van der Waals surface area contributed by atoms with Crippen molar-refractivity contribution in [3.8, 4) is 0 Å². The van der Waals surface area contributed by atoms with Crippen LogP contribution in [0.25, 0.3) is 11.0 Å². The van der Waals surface area contributed by atoms with E-state index in [0.717, 1.165) is 66.0 Å². The molecule has 160 valence electrons. The molecular formula is C23H32N6O. The average Bonchev–Trinajstić information content (AvgIpc) is 3.11. The number of aromatic amines is 1. The second kappa shape index (κ2) is 10.3. The van der Waals surface area contributed by atoms with Gasteiger partial charge in [0.05, 0.1) is 34.8 Å². The normalized spacial score (nSPS) is 12.4. The molecule has 0 aliphatic rings. The molecule has 1 amide bonds. The fourth-order valence-electron chi connectivity index (χ4n) is 3.63. The molecule has 7 heteroatoms. The number of carbonyl (C=O) groups excluding carboxylic acids is 1. The summed E-state index contributed by atoms with van der Waals surface area (Å²) in [5.41, 5.74) is 4.74. The van der Waals surface area contributed by atoms with Gasteiger partial charge in [0.2, 0.25) is 5.91 Å². The Kier molecular flexibility index (Phi) is 7.49. The van der Waals surface area contributed by atoms with Gasteiger partial charge in [0.1, 0.15) is 11.3 Å². The van der Waals surface area contributed by atoms with E-state index in [9.17, 15) is 4.79 Å². The smallest absolute Gasteiger partial charge is 0.220 e. The Labute approximate surface area is 178 Å². The van der Waals surface area contributed by atoms with Crippen molar-refractivity contribution in [3.05, 3.63) is 47.6 Å². The third kappa shape index (κ3) is 5.84. The van der Waals surface area contributed by atoms with Crippen LogP contribution in [0.5, 0.6) is 0 Å². The van der Waals surface area contributed by atoms with Crippen molar-refractivity contribution in [2.24, 2.45) is 5.92 Å². The van der Waals surface area contributed by atoms with E-state index < -0.39 is 0 Å². The maximum atomic E-state index is 12.6. The number of imidazole rings is 1. The zero-order valence-electron chi connectivity index (χ0n) is 18.4. The van der Waals surface area contributed by atoms with E-state index in [4.69, 9.17) is 0 Å². The van der Waals surface area contributed by atoms with Crippen LogP contribution in [0.1, 0.15) is 75.4 Å². The molecule has 0 fully saturated rings. The van der Waals surface area contributed by atoms with E-state index in [1.54, 1.807) is 12.4 Å². The largest absolute Gasteiger partial charge is 0.348 e. The third-order valence-electron chi connectivity index (χ3n) is 5.13. The number of hydrogen-bond acceptors (Lipinski definition) is 5. The van der Waals surface area contributed by atoms with Crippen molar-refractivity contribution in [1.29, 1.82) is 0 Å². The molecule has 0 bridgehead atoms. The second-order valence-corrected chi connectivity index (χ2v) is 8.22. The molecule has 1 atom stereocenters. The van der Waals surface area contributed by atoms with E-state index in [2.05, 4.69) is 51.0 Å². The monoisotopic (exact) mass is 408 g/mol. The lowest BCUT2D eigenvalue weighted by molar-refractivity contribution is -0.122. The fourth-order valence-corrected chi connectivity index (χ4v) is 3.63. The van der Waals surface area contributed by atoms with Gasteiger partial charge < -0.3 is 10.3 Å². The molecule has 0 saturated heterocycles. The molecule has 3 aromatic rings. The summed E-state index contributed by atoms with van der Waals surface area (Å²) >= 11 is 0. The van der Waals surface area contributed by atoms with Crippen LogP contribution in [0.2, 0.25) is 0 Å². The Morgan fingerprint density at radius 2 is 2.03 bits per heavy atom. The second-order valence-electron chi connectivity index (χ2n) is 8.22. The van der Waals surface area contributed by atoms with Crippen LogP contribution in [-0.4, -0.2) is 30.8 Å². The van der Waals surface area contributed by atoms with Gasteiger partial charge >= 0.3 is 0 Å². The summed E-state index contributed by atoms with van der Waals surface area (Å²) in [4.78, 5) is 33.8. The van der Waals surface area contributed by atoms with Crippen LogP contribution in [0.4, 0.5) is 0 Å². The molecule has 0 aromatic carbocycles. The first kappa shape index (κ1) is 21.9. The number of nitrogens with zero attached hydrogens (tertiary/aromatic N) is 4. The van der Waals surface area contributed by atoms with Crippen LogP contribution in [-0.2, 0) is 17.6 Å². The van der Waals surface area contributed by atoms with Crippen molar-refractivity contribution >= 4 is 16.9 Å². The molecule has 0 spiro atoms. The highest BCUT2D eigenvalue weighted by molar-refractivity contribution is 5.77. The fraction of sp³-hybridized carbons (Fsp3) is 0.522. The van der Waals surface area contributed by atoms with Crippen LogP contribution in [0.3, 0.4) is 0 Å². The summed E-state index contributed by atoms with van der Waals surface area (Å²) in [6, 6.07) is 1.84. The highest BCUT2D eigenvalue weighted by atomic mass is 16.1. The van der Waals surface area contributed by atoms with Gasteiger partial charge in [-0.25, -0.2) is 4.98 Å². The summed E-state index contributed by atoms with van der Waals surface area (Å²) in [5.74, 6) is 1.41. The Balaban J connectivity index is 1.53. The van der Waals surface area contributed by atoms with E-state index in [1.807, 2.05) is 19.2 Å². The van der Waals surface area contributed by atoms with Gasteiger partial charge in [0, 0.05) is 18.8 Å². The quantitative estimate of drug-likeness (QED) is 0.489. The van der Waals surface area contributed by atoms with Gasteiger partial charge in [-0.05, 0) is 51.0 Å². The minimum absolute atomic E-state index is 0.0612. The lowest BCUT2D eigenvalue weighted by atomic mass is 10.0. The zero-order valence-corrected chi connectivity index (χ0v) is 18.4. The van der Waals surface area contributed by atoms with E-state index in [-0.39, 0.29) is 11.9 Å². The molecule has 1 unspecified atom stereocenters. The standard InChI is InChI=1S/C23H32N6O/c1-5-17-13-24-14-21(28-17)20(12-15(2)3)29-22(30)9-7-6-8-18-23-19(10-11-25-18)26-16(4)27-23/h10-11,13-15,20H,5-9,12H2,1-4H3,(H,26,27)(H,29,30). The zero-order chi connectivity index (χ0) is 21.5. The van der Waals surface area contributed by atoms with Crippen LogP contribution in [0, 0.1) is 12.8 Å². The number of hydrogen-bond donors (Lipinski definition) is 2. The number of aromatic nitrogens is 5. The summed E-state index contributed by atoms with van der Waals surface area (Å²) in [7, 11) is 0. The van der Waals surface area contributed by atoms with Crippen LogP contribution in [0.15, 0.2) is 24.7 Å². The highest BCUT2D eigenvalue weighted by Gasteiger charge is 2.18. The summed E-state index contributed by atoms with van der Waals surface area (Å²) in [6.45, 7) is 8.31. The molecule has 30 heavy (non-hydrogen) atoms. The maximum Gasteiger partial charge on any atom is 0.220 e. The predicted octanol–water partition coefficient (Wildman–Crippen LogP) is 4.24. The minimum Gasteiger partial charge on any atom is -0.348 e. The topological polar surface area (TPSA) is 96.5 Å². The molecular weight excluding hydrogens is 376 g/mol. The van der Waals surface area contributed by atoms with Gasteiger partial charge in [-0.1, -0.05) is 20.8 Å². The number of pyridine rings is 1. The van der Waals surface area contributed by atoms with Gasteiger partial charge in [-0.15, -0.1) is 0 Å². The Hall–Kier alpha value is -2.83. The number of H-pyrrole nitrogens is 1. The lowest BCUT2D eigenvalue weighted by Crippen LogP contribution is -2.30.